The van der Waals surface area contributed by atoms with Crippen molar-refractivity contribution in [2.75, 3.05) is 0 Å². The summed E-state index contributed by atoms with van der Waals surface area (Å²) in [6.45, 7) is 0. The van der Waals surface area contributed by atoms with E-state index in [9.17, 15) is 0 Å². The van der Waals surface area contributed by atoms with Gasteiger partial charge >= 0.3 is 0 Å². The van der Waals surface area contributed by atoms with Crippen LogP contribution in [0.5, 0.6) is 0 Å². The van der Waals surface area contributed by atoms with Gasteiger partial charge in [-0.3, -0.25) is 5.10 Å². The second kappa shape index (κ2) is 3.46. The summed E-state index contributed by atoms with van der Waals surface area (Å²) in [5.74, 6) is 0.573. The lowest BCUT2D eigenvalue weighted by atomic mass is 10.4. The SMILES string of the molecule is Clc1sc(-c2ncn[nH]2)c(Cl)c1Cl. The molecule has 0 aliphatic carbocycles. The largest absolute Gasteiger partial charge is 0.259 e. The maximum absolute atomic E-state index is 5.91. The van der Waals surface area contributed by atoms with Crippen molar-refractivity contribution >= 4 is 46.1 Å². The van der Waals surface area contributed by atoms with Crippen LogP contribution in [0.1, 0.15) is 0 Å². The van der Waals surface area contributed by atoms with Crippen molar-refractivity contribution < 1.29 is 0 Å². The Bertz CT molecular complexity index is 423. The fourth-order valence-electron chi connectivity index (χ4n) is 0.832. The van der Waals surface area contributed by atoms with Gasteiger partial charge in [-0.05, 0) is 0 Å². The highest BCUT2D eigenvalue weighted by atomic mass is 35.5. The molecule has 7 heteroatoms. The third-order valence-corrected chi connectivity index (χ3v) is 3.97. The standard InChI is InChI=1S/C6H2Cl3N3S/c7-2-3(8)5(9)13-4(2)6-10-1-11-12-6/h1H,(H,10,11,12). The summed E-state index contributed by atoms with van der Waals surface area (Å²) in [5.41, 5.74) is 0. The second-order valence-electron chi connectivity index (χ2n) is 2.17. The molecular formula is C6H2Cl3N3S. The van der Waals surface area contributed by atoms with Gasteiger partial charge in [0.05, 0.1) is 14.9 Å². The Hall–Kier alpha value is -0.290. The zero-order valence-electron chi connectivity index (χ0n) is 6.01. The zero-order valence-corrected chi connectivity index (χ0v) is 9.10. The topological polar surface area (TPSA) is 41.6 Å². The summed E-state index contributed by atoms with van der Waals surface area (Å²) < 4.78 is 0.457. The predicted octanol–water partition coefficient (Wildman–Crippen LogP) is 3.49. The molecule has 2 aromatic rings. The average molecular weight is 255 g/mol. The van der Waals surface area contributed by atoms with Crippen LogP contribution in [-0.4, -0.2) is 15.2 Å². The lowest BCUT2D eigenvalue weighted by Crippen LogP contribution is -1.75. The summed E-state index contributed by atoms with van der Waals surface area (Å²) in [6, 6.07) is 0. The monoisotopic (exact) mass is 253 g/mol. The van der Waals surface area contributed by atoms with Crippen molar-refractivity contribution in [3.63, 3.8) is 0 Å². The molecule has 0 aliphatic heterocycles. The molecule has 0 aliphatic rings. The Morgan fingerprint density at radius 3 is 2.46 bits per heavy atom. The van der Waals surface area contributed by atoms with E-state index in [0.717, 1.165) is 0 Å². The molecule has 0 radical (unpaired) electrons. The van der Waals surface area contributed by atoms with E-state index in [0.29, 0.717) is 25.1 Å². The lowest BCUT2D eigenvalue weighted by molar-refractivity contribution is 1.10. The molecule has 2 heterocycles. The highest BCUT2D eigenvalue weighted by Gasteiger charge is 2.16. The summed E-state index contributed by atoms with van der Waals surface area (Å²) >= 11 is 18.8. The Labute approximate surface area is 92.7 Å². The van der Waals surface area contributed by atoms with E-state index >= 15 is 0 Å². The van der Waals surface area contributed by atoms with Gasteiger partial charge in [-0.15, -0.1) is 11.3 Å². The highest BCUT2D eigenvalue weighted by Crippen LogP contribution is 2.44. The summed E-state index contributed by atoms with van der Waals surface area (Å²) in [7, 11) is 0. The van der Waals surface area contributed by atoms with Gasteiger partial charge < -0.3 is 0 Å². The van der Waals surface area contributed by atoms with E-state index in [1.807, 2.05) is 0 Å². The van der Waals surface area contributed by atoms with Gasteiger partial charge in [0.25, 0.3) is 0 Å². The van der Waals surface area contributed by atoms with Crippen molar-refractivity contribution in [2.24, 2.45) is 0 Å². The molecule has 0 saturated heterocycles. The first-order chi connectivity index (χ1) is 6.20. The van der Waals surface area contributed by atoms with Gasteiger partial charge in [0.2, 0.25) is 0 Å². The van der Waals surface area contributed by atoms with Gasteiger partial charge in [0, 0.05) is 0 Å². The molecule has 2 rings (SSSR count). The van der Waals surface area contributed by atoms with Crippen molar-refractivity contribution in [1.29, 1.82) is 0 Å². The number of H-pyrrole nitrogens is 1. The molecule has 68 valence electrons. The smallest absolute Gasteiger partial charge is 0.167 e. The van der Waals surface area contributed by atoms with Crippen LogP contribution in [0.4, 0.5) is 0 Å². The third kappa shape index (κ3) is 1.55. The molecule has 0 fully saturated rings. The molecule has 0 unspecified atom stereocenters. The molecule has 0 aromatic carbocycles. The van der Waals surface area contributed by atoms with Crippen LogP contribution < -0.4 is 0 Å². The van der Waals surface area contributed by atoms with Crippen LogP contribution in [0, 0.1) is 0 Å². The Kier molecular flexibility index (Phi) is 2.47. The van der Waals surface area contributed by atoms with Crippen molar-refractivity contribution in [2.45, 2.75) is 0 Å². The number of aromatic amines is 1. The van der Waals surface area contributed by atoms with E-state index in [1.165, 1.54) is 17.7 Å². The Morgan fingerprint density at radius 1 is 1.23 bits per heavy atom. The fourth-order valence-corrected chi connectivity index (χ4v) is 2.59. The van der Waals surface area contributed by atoms with Crippen molar-refractivity contribution in [3.05, 3.63) is 20.7 Å². The minimum absolute atomic E-state index is 0.361. The van der Waals surface area contributed by atoms with Crippen LogP contribution >= 0.6 is 46.1 Å². The molecule has 0 amide bonds. The summed E-state index contributed by atoms with van der Waals surface area (Å²) in [6.07, 6.45) is 1.40. The molecule has 2 aromatic heterocycles. The van der Waals surface area contributed by atoms with Crippen LogP contribution in [0.2, 0.25) is 14.4 Å². The van der Waals surface area contributed by atoms with E-state index < -0.39 is 0 Å². The first-order valence-corrected chi connectivity index (χ1v) is 5.14. The number of aromatic nitrogens is 3. The van der Waals surface area contributed by atoms with Crippen LogP contribution in [-0.2, 0) is 0 Å². The number of rotatable bonds is 1. The van der Waals surface area contributed by atoms with Gasteiger partial charge in [-0.25, -0.2) is 4.98 Å². The molecular weight excluding hydrogens is 253 g/mol. The van der Waals surface area contributed by atoms with Gasteiger partial charge in [-0.1, -0.05) is 34.8 Å². The number of hydrogen-bond donors (Lipinski definition) is 1. The zero-order chi connectivity index (χ0) is 9.42. The Balaban J connectivity index is 2.59. The van der Waals surface area contributed by atoms with Gasteiger partial charge in [0.15, 0.2) is 5.82 Å². The van der Waals surface area contributed by atoms with Gasteiger partial charge in [0.1, 0.15) is 10.7 Å². The van der Waals surface area contributed by atoms with E-state index in [-0.39, 0.29) is 0 Å². The number of thiophene rings is 1. The maximum atomic E-state index is 5.91. The minimum Gasteiger partial charge on any atom is -0.259 e. The van der Waals surface area contributed by atoms with Crippen LogP contribution in [0.25, 0.3) is 10.7 Å². The average Bonchev–Trinajstić information content (AvgIpc) is 2.70. The maximum Gasteiger partial charge on any atom is 0.167 e. The molecule has 0 saturated carbocycles. The first-order valence-electron chi connectivity index (χ1n) is 3.19. The lowest BCUT2D eigenvalue weighted by Gasteiger charge is -1.89. The van der Waals surface area contributed by atoms with E-state index in [2.05, 4.69) is 15.2 Å². The summed E-state index contributed by atoms with van der Waals surface area (Å²) in [4.78, 5) is 4.65. The van der Waals surface area contributed by atoms with Crippen molar-refractivity contribution in [1.82, 2.24) is 15.2 Å². The van der Waals surface area contributed by atoms with Crippen LogP contribution in [0.3, 0.4) is 0 Å². The summed E-state index contributed by atoms with van der Waals surface area (Å²) in [5, 5.41) is 7.16. The number of hydrogen-bond acceptors (Lipinski definition) is 3. The third-order valence-electron chi connectivity index (χ3n) is 1.39. The number of nitrogens with one attached hydrogen (secondary N) is 1. The molecule has 0 atom stereocenters. The Morgan fingerprint density at radius 2 is 2.00 bits per heavy atom. The fraction of sp³-hybridized carbons (Fsp3) is 0. The van der Waals surface area contributed by atoms with Gasteiger partial charge in [-0.2, -0.15) is 5.10 Å². The normalized spacial score (nSPS) is 10.7. The number of nitrogens with zero attached hydrogens (tertiary/aromatic N) is 2. The molecule has 13 heavy (non-hydrogen) atoms. The molecule has 0 spiro atoms. The van der Waals surface area contributed by atoms with E-state index in [1.54, 1.807) is 0 Å². The quantitative estimate of drug-likeness (QED) is 0.846. The molecule has 3 nitrogen and oxygen atoms in total. The second-order valence-corrected chi connectivity index (χ2v) is 4.55. The molecule has 1 N–H and O–H groups in total. The highest BCUT2D eigenvalue weighted by molar-refractivity contribution is 7.20. The van der Waals surface area contributed by atoms with Crippen molar-refractivity contribution in [3.8, 4) is 10.7 Å². The van der Waals surface area contributed by atoms with Crippen LogP contribution in [0.15, 0.2) is 6.33 Å². The number of halogens is 3. The molecule has 0 bridgehead atoms. The van der Waals surface area contributed by atoms with E-state index in [4.69, 9.17) is 34.8 Å². The predicted molar refractivity (Wildman–Crippen MR) is 54.7 cm³/mol. The first kappa shape index (κ1) is 9.27. The minimum atomic E-state index is 0.361.